The second kappa shape index (κ2) is 9.40. The number of nitrogens with one attached hydrogen (secondary N) is 1. The highest BCUT2D eigenvalue weighted by Crippen LogP contribution is 2.30. The number of aromatic nitrogens is 6. The van der Waals surface area contributed by atoms with Gasteiger partial charge in [-0.05, 0) is 24.6 Å². The number of carbonyl (C=O) groups excluding carboxylic acids is 1. The molecule has 5 rings (SSSR count). The summed E-state index contributed by atoms with van der Waals surface area (Å²) in [5.74, 6) is 1.37. The largest absolute Gasteiger partial charge is 0.383 e. The molecule has 4 aromatic heterocycles. The number of likely N-dealkylation sites (tertiary alicyclic amines) is 1. The van der Waals surface area contributed by atoms with E-state index in [-0.39, 0.29) is 11.8 Å². The number of hydrogen-bond acceptors (Lipinski definition) is 9. The Hall–Kier alpha value is -4.12. The van der Waals surface area contributed by atoms with E-state index >= 15 is 0 Å². The molecule has 0 spiro atoms. The van der Waals surface area contributed by atoms with Gasteiger partial charge in [-0.3, -0.25) is 9.48 Å². The average molecular weight is 460 g/mol. The zero-order valence-corrected chi connectivity index (χ0v) is 18.9. The standard InChI is InChI=1S/C23H24N8O3/c1-30-10-7-15(22(30)32)20-14-19(29-34-20)17-5-3-4-16(25-17)18-6-9-24-23(26-18)27-21-8-11-31(28-21)12-13-33-2/h3-6,8-9,11,14-15H,7,10,12-13H2,1-2H3,(H,24,26,27,28). The first-order chi connectivity index (χ1) is 16.6. The number of methoxy groups -OCH3 is 1. The van der Waals surface area contributed by atoms with Crippen LogP contribution in [0.3, 0.4) is 0 Å². The van der Waals surface area contributed by atoms with Gasteiger partial charge in [0, 0.05) is 45.2 Å². The van der Waals surface area contributed by atoms with E-state index in [1.54, 1.807) is 42.1 Å². The molecule has 1 amide bonds. The molecule has 0 aromatic carbocycles. The molecule has 34 heavy (non-hydrogen) atoms. The third-order valence-electron chi connectivity index (χ3n) is 5.63. The summed E-state index contributed by atoms with van der Waals surface area (Å²) in [5, 5.41) is 11.7. The summed E-state index contributed by atoms with van der Waals surface area (Å²) < 4.78 is 12.3. The Kier molecular flexibility index (Phi) is 6.00. The van der Waals surface area contributed by atoms with Crippen molar-refractivity contribution >= 4 is 17.7 Å². The fourth-order valence-electron chi connectivity index (χ4n) is 3.79. The molecule has 1 fully saturated rings. The first-order valence-corrected chi connectivity index (χ1v) is 10.9. The Bertz CT molecular complexity index is 1300. The molecule has 0 radical (unpaired) electrons. The maximum absolute atomic E-state index is 12.3. The normalized spacial score (nSPS) is 15.8. The summed E-state index contributed by atoms with van der Waals surface area (Å²) in [5.41, 5.74) is 2.52. The van der Waals surface area contributed by atoms with Gasteiger partial charge in [-0.2, -0.15) is 5.10 Å². The van der Waals surface area contributed by atoms with Crippen LogP contribution in [-0.2, 0) is 16.1 Å². The number of anilines is 2. The van der Waals surface area contributed by atoms with E-state index in [9.17, 15) is 4.79 Å². The van der Waals surface area contributed by atoms with Crippen LogP contribution in [0.25, 0.3) is 22.8 Å². The van der Waals surface area contributed by atoms with E-state index < -0.39 is 0 Å². The van der Waals surface area contributed by atoms with Gasteiger partial charge in [0.05, 0.1) is 30.2 Å². The lowest BCUT2D eigenvalue weighted by molar-refractivity contribution is -0.128. The van der Waals surface area contributed by atoms with Crippen molar-refractivity contribution in [2.24, 2.45) is 0 Å². The highest BCUT2D eigenvalue weighted by molar-refractivity contribution is 5.85. The zero-order valence-electron chi connectivity index (χ0n) is 18.9. The van der Waals surface area contributed by atoms with E-state index in [0.29, 0.717) is 60.0 Å². The summed E-state index contributed by atoms with van der Waals surface area (Å²) >= 11 is 0. The molecule has 1 unspecified atom stereocenters. The van der Waals surface area contributed by atoms with Crippen molar-refractivity contribution in [3.05, 3.63) is 54.6 Å². The predicted octanol–water partition coefficient (Wildman–Crippen LogP) is 2.73. The van der Waals surface area contributed by atoms with Crippen molar-refractivity contribution in [1.82, 2.24) is 34.8 Å². The van der Waals surface area contributed by atoms with Crippen LogP contribution < -0.4 is 5.32 Å². The quantitative estimate of drug-likeness (QED) is 0.422. The first kappa shape index (κ1) is 21.7. The molecule has 1 aliphatic rings. The van der Waals surface area contributed by atoms with Gasteiger partial charge in [0.15, 0.2) is 5.82 Å². The van der Waals surface area contributed by atoms with Crippen LogP contribution in [0, 0.1) is 0 Å². The highest BCUT2D eigenvalue weighted by Gasteiger charge is 2.33. The molecule has 4 aromatic rings. The van der Waals surface area contributed by atoms with E-state index in [4.69, 9.17) is 14.2 Å². The second-order valence-electron chi connectivity index (χ2n) is 7.97. The summed E-state index contributed by atoms with van der Waals surface area (Å²) in [4.78, 5) is 27.6. The maximum atomic E-state index is 12.3. The molecule has 1 atom stereocenters. The van der Waals surface area contributed by atoms with Gasteiger partial charge in [-0.1, -0.05) is 11.2 Å². The molecule has 1 aliphatic heterocycles. The van der Waals surface area contributed by atoms with Crippen molar-refractivity contribution in [3.8, 4) is 22.8 Å². The van der Waals surface area contributed by atoms with Crippen molar-refractivity contribution in [2.45, 2.75) is 18.9 Å². The Balaban J connectivity index is 1.34. The Morgan fingerprint density at radius 1 is 1.15 bits per heavy atom. The molecular formula is C23H24N8O3. The topological polar surface area (TPSA) is 124 Å². The average Bonchev–Trinajstić information content (AvgIpc) is 3.59. The lowest BCUT2D eigenvalue weighted by atomic mass is 10.0. The molecule has 174 valence electrons. The highest BCUT2D eigenvalue weighted by atomic mass is 16.5. The van der Waals surface area contributed by atoms with Gasteiger partial charge >= 0.3 is 0 Å². The minimum absolute atomic E-state index is 0.0500. The van der Waals surface area contributed by atoms with Gasteiger partial charge in [0.25, 0.3) is 0 Å². The molecule has 0 bridgehead atoms. The third-order valence-corrected chi connectivity index (χ3v) is 5.63. The Morgan fingerprint density at radius 2 is 1.97 bits per heavy atom. The minimum atomic E-state index is -0.289. The van der Waals surface area contributed by atoms with E-state index in [0.717, 1.165) is 6.42 Å². The summed E-state index contributed by atoms with van der Waals surface area (Å²) in [6.45, 7) is 1.95. The Labute approximate surface area is 195 Å². The van der Waals surface area contributed by atoms with Crippen LogP contribution in [0.15, 0.2) is 53.3 Å². The monoisotopic (exact) mass is 460 g/mol. The maximum Gasteiger partial charge on any atom is 0.233 e. The SMILES string of the molecule is COCCn1ccc(Nc2nccc(-c3cccc(-c4cc(C5CCN(C)C5=O)on4)n3)n2)n1. The smallest absolute Gasteiger partial charge is 0.233 e. The fourth-order valence-corrected chi connectivity index (χ4v) is 3.79. The Morgan fingerprint density at radius 3 is 2.76 bits per heavy atom. The van der Waals surface area contributed by atoms with Crippen LogP contribution >= 0.6 is 0 Å². The van der Waals surface area contributed by atoms with Gasteiger partial charge < -0.3 is 19.5 Å². The molecule has 11 heteroatoms. The molecule has 0 saturated carbocycles. The van der Waals surface area contributed by atoms with Gasteiger partial charge in [-0.15, -0.1) is 0 Å². The third kappa shape index (κ3) is 4.50. The van der Waals surface area contributed by atoms with Gasteiger partial charge in [-0.25, -0.2) is 15.0 Å². The molecule has 0 aliphatic carbocycles. The molecule has 1 saturated heterocycles. The number of pyridine rings is 1. The second-order valence-corrected chi connectivity index (χ2v) is 7.97. The summed E-state index contributed by atoms with van der Waals surface area (Å²) in [7, 11) is 3.45. The summed E-state index contributed by atoms with van der Waals surface area (Å²) in [6.07, 6.45) is 4.25. The number of nitrogens with zero attached hydrogens (tertiary/aromatic N) is 7. The number of rotatable bonds is 8. The molecule has 11 nitrogen and oxygen atoms in total. The lowest BCUT2D eigenvalue weighted by Gasteiger charge is -2.07. The number of amides is 1. The van der Waals surface area contributed by atoms with Crippen molar-refractivity contribution in [2.75, 3.05) is 32.6 Å². The van der Waals surface area contributed by atoms with Crippen LogP contribution in [0.2, 0.25) is 0 Å². The zero-order chi connectivity index (χ0) is 23.5. The summed E-state index contributed by atoms with van der Waals surface area (Å²) in [6, 6.07) is 11.0. The van der Waals surface area contributed by atoms with Crippen LogP contribution in [0.5, 0.6) is 0 Å². The van der Waals surface area contributed by atoms with Crippen LogP contribution in [-0.4, -0.2) is 68.0 Å². The van der Waals surface area contributed by atoms with Crippen LogP contribution in [0.1, 0.15) is 18.1 Å². The van der Waals surface area contributed by atoms with E-state index in [1.807, 2.05) is 30.5 Å². The van der Waals surface area contributed by atoms with E-state index in [1.165, 1.54) is 0 Å². The van der Waals surface area contributed by atoms with Crippen LogP contribution in [0.4, 0.5) is 11.8 Å². The first-order valence-electron chi connectivity index (χ1n) is 10.9. The van der Waals surface area contributed by atoms with Crippen molar-refractivity contribution in [3.63, 3.8) is 0 Å². The predicted molar refractivity (Wildman–Crippen MR) is 123 cm³/mol. The molecule has 5 heterocycles. The van der Waals surface area contributed by atoms with Gasteiger partial charge in [0.1, 0.15) is 17.4 Å². The van der Waals surface area contributed by atoms with E-state index in [2.05, 4.69) is 25.5 Å². The van der Waals surface area contributed by atoms with Gasteiger partial charge in [0.2, 0.25) is 11.9 Å². The van der Waals surface area contributed by atoms with Crippen molar-refractivity contribution < 1.29 is 14.1 Å². The van der Waals surface area contributed by atoms with Crippen molar-refractivity contribution in [1.29, 1.82) is 0 Å². The minimum Gasteiger partial charge on any atom is -0.383 e. The number of ether oxygens (including phenoxy) is 1. The number of hydrogen-bond donors (Lipinski definition) is 1. The fraction of sp³-hybridized carbons (Fsp3) is 0.304. The lowest BCUT2D eigenvalue weighted by Crippen LogP contribution is -2.21. The number of carbonyl (C=O) groups is 1. The molecular weight excluding hydrogens is 436 g/mol. The molecule has 1 N–H and O–H groups in total. The number of likely N-dealkylation sites (N-methyl/N-ethyl adjacent to an activating group) is 1.